The van der Waals surface area contributed by atoms with Gasteiger partial charge in [0.15, 0.2) is 0 Å². The molecule has 90 valence electrons. The molecule has 0 rings (SSSR count). The predicted molar refractivity (Wildman–Crippen MR) is 69.9 cm³/mol. The topological polar surface area (TPSA) is 29.1 Å². The highest BCUT2D eigenvalue weighted by molar-refractivity contribution is 6.76. The molecule has 15 heavy (non-hydrogen) atoms. The van der Waals surface area contributed by atoms with Crippen LogP contribution in [0.5, 0.6) is 0 Å². The van der Waals surface area contributed by atoms with Crippen molar-refractivity contribution < 1.29 is 4.79 Å². The standard InChI is InChI=1S/C12H27NOSi/c1-5-6-7-8-10-13-12(14)9-11-15(2,3)4/h5-11H2,1-4H3,(H,13,14). The van der Waals surface area contributed by atoms with Gasteiger partial charge in [-0.15, -0.1) is 0 Å². The van der Waals surface area contributed by atoms with E-state index in [1.165, 1.54) is 19.3 Å². The highest BCUT2D eigenvalue weighted by atomic mass is 28.3. The molecular formula is C12H27NOSi. The highest BCUT2D eigenvalue weighted by Crippen LogP contribution is 2.10. The van der Waals surface area contributed by atoms with Crippen LogP contribution in [0, 0.1) is 0 Å². The Balaban J connectivity index is 3.34. The van der Waals surface area contributed by atoms with E-state index in [0.29, 0.717) is 0 Å². The lowest BCUT2D eigenvalue weighted by Gasteiger charge is -2.14. The third-order valence-corrected chi connectivity index (χ3v) is 4.20. The molecule has 0 aliphatic rings. The molecular weight excluding hydrogens is 202 g/mol. The van der Waals surface area contributed by atoms with Crippen molar-refractivity contribution in [2.24, 2.45) is 0 Å². The SMILES string of the molecule is CCCCCCNC(=O)CC[Si](C)(C)C. The molecule has 1 amide bonds. The molecule has 0 aromatic rings. The van der Waals surface area contributed by atoms with Crippen molar-refractivity contribution in [3.05, 3.63) is 0 Å². The minimum absolute atomic E-state index is 0.244. The molecule has 0 fully saturated rings. The Morgan fingerprint density at radius 3 is 2.33 bits per heavy atom. The Hall–Kier alpha value is -0.313. The predicted octanol–water partition coefficient (Wildman–Crippen LogP) is 3.41. The number of carbonyl (C=O) groups excluding carboxylic acids is 1. The minimum Gasteiger partial charge on any atom is -0.356 e. The summed E-state index contributed by atoms with van der Waals surface area (Å²) < 4.78 is 0. The third kappa shape index (κ3) is 11.6. The monoisotopic (exact) mass is 229 g/mol. The summed E-state index contributed by atoms with van der Waals surface area (Å²) in [7, 11) is -1.04. The number of rotatable bonds is 8. The summed E-state index contributed by atoms with van der Waals surface area (Å²) in [5.41, 5.74) is 0. The van der Waals surface area contributed by atoms with Crippen LogP contribution in [-0.4, -0.2) is 20.5 Å². The lowest BCUT2D eigenvalue weighted by Crippen LogP contribution is -2.28. The zero-order valence-electron chi connectivity index (χ0n) is 10.9. The van der Waals surface area contributed by atoms with E-state index in [-0.39, 0.29) is 5.91 Å². The molecule has 0 aliphatic carbocycles. The summed E-state index contributed by atoms with van der Waals surface area (Å²) in [5, 5.41) is 3.00. The van der Waals surface area contributed by atoms with Gasteiger partial charge in [0.1, 0.15) is 0 Å². The van der Waals surface area contributed by atoms with E-state index in [9.17, 15) is 4.79 Å². The van der Waals surface area contributed by atoms with E-state index in [4.69, 9.17) is 0 Å². The summed E-state index contributed by atoms with van der Waals surface area (Å²) >= 11 is 0. The van der Waals surface area contributed by atoms with Crippen LogP contribution in [0.4, 0.5) is 0 Å². The molecule has 0 heterocycles. The van der Waals surface area contributed by atoms with E-state index < -0.39 is 8.07 Å². The number of carbonyl (C=O) groups is 1. The second-order valence-electron chi connectivity index (χ2n) is 5.47. The maximum absolute atomic E-state index is 11.4. The summed E-state index contributed by atoms with van der Waals surface area (Å²) in [6.07, 6.45) is 5.63. The van der Waals surface area contributed by atoms with Crippen molar-refractivity contribution >= 4 is 14.0 Å². The van der Waals surface area contributed by atoms with Gasteiger partial charge in [-0.25, -0.2) is 0 Å². The molecule has 0 bridgehead atoms. The van der Waals surface area contributed by atoms with E-state index in [1.807, 2.05) is 0 Å². The van der Waals surface area contributed by atoms with Gasteiger partial charge in [-0.3, -0.25) is 4.79 Å². The van der Waals surface area contributed by atoms with Gasteiger partial charge in [0, 0.05) is 21.0 Å². The van der Waals surface area contributed by atoms with Gasteiger partial charge in [-0.05, 0) is 12.5 Å². The molecule has 0 aliphatic heterocycles. The van der Waals surface area contributed by atoms with Crippen molar-refractivity contribution in [3.8, 4) is 0 Å². The second kappa shape index (κ2) is 7.91. The molecule has 0 atom stereocenters. The van der Waals surface area contributed by atoms with Gasteiger partial charge in [-0.1, -0.05) is 45.8 Å². The summed E-state index contributed by atoms with van der Waals surface area (Å²) in [6.45, 7) is 9.99. The van der Waals surface area contributed by atoms with Crippen molar-refractivity contribution in [1.82, 2.24) is 5.32 Å². The fourth-order valence-corrected chi connectivity index (χ4v) is 2.33. The smallest absolute Gasteiger partial charge is 0.219 e. The molecule has 0 saturated heterocycles. The van der Waals surface area contributed by atoms with Gasteiger partial charge < -0.3 is 5.32 Å². The zero-order valence-corrected chi connectivity index (χ0v) is 11.9. The average molecular weight is 229 g/mol. The van der Waals surface area contributed by atoms with E-state index in [0.717, 1.165) is 25.4 Å². The first-order valence-corrected chi connectivity index (χ1v) is 9.93. The Morgan fingerprint density at radius 1 is 1.13 bits per heavy atom. The first-order valence-electron chi connectivity index (χ1n) is 6.22. The fourth-order valence-electron chi connectivity index (χ4n) is 1.36. The van der Waals surface area contributed by atoms with Crippen molar-refractivity contribution in [2.75, 3.05) is 6.54 Å². The maximum atomic E-state index is 11.4. The van der Waals surface area contributed by atoms with Gasteiger partial charge in [-0.2, -0.15) is 0 Å². The van der Waals surface area contributed by atoms with Crippen LogP contribution in [0.2, 0.25) is 25.7 Å². The molecule has 0 unspecified atom stereocenters. The van der Waals surface area contributed by atoms with Gasteiger partial charge in [0.2, 0.25) is 5.91 Å². The lowest BCUT2D eigenvalue weighted by molar-refractivity contribution is -0.120. The van der Waals surface area contributed by atoms with E-state index >= 15 is 0 Å². The van der Waals surface area contributed by atoms with Crippen molar-refractivity contribution in [3.63, 3.8) is 0 Å². The van der Waals surface area contributed by atoms with Gasteiger partial charge in [0.05, 0.1) is 0 Å². The maximum Gasteiger partial charge on any atom is 0.219 e. The first-order chi connectivity index (χ1) is 6.95. The number of hydrogen-bond acceptors (Lipinski definition) is 1. The Kier molecular flexibility index (Phi) is 7.75. The Bertz CT molecular complexity index is 175. The lowest BCUT2D eigenvalue weighted by atomic mass is 10.2. The van der Waals surface area contributed by atoms with E-state index in [2.05, 4.69) is 31.9 Å². The van der Waals surface area contributed by atoms with Crippen LogP contribution >= 0.6 is 0 Å². The summed E-state index contributed by atoms with van der Waals surface area (Å²) in [5.74, 6) is 0.244. The van der Waals surface area contributed by atoms with E-state index in [1.54, 1.807) is 0 Å². The van der Waals surface area contributed by atoms with Crippen LogP contribution in [0.15, 0.2) is 0 Å². The van der Waals surface area contributed by atoms with Crippen LogP contribution in [0.3, 0.4) is 0 Å². The van der Waals surface area contributed by atoms with Crippen molar-refractivity contribution in [1.29, 1.82) is 0 Å². The molecule has 0 radical (unpaired) electrons. The number of amides is 1. The Labute approximate surface area is 95.8 Å². The summed E-state index contributed by atoms with van der Waals surface area (Å²) in [6, 6.07) is 1.10. The molecule has 0 aromatic carbocycles. The molecule has 1 N–H and O–H groups in total. The largest absolute Gasteiger partial charge is 0.356 e. The second-order valence-corrected chi connectivity index (χ2v) is 11.1. The van der Waals surface area contributed by atoms with Crippen molar-refractivity contribution in [2.45, 2.75) is 64.7 Å². The summed E-state index contributed by atoms with van der Waals surface area (Å²) in [4.78, 5) is 11.4. The highest BCUT2D eigenvalue weighted by Gasteiger charge is 2.14. The number of hydrogen-bond donors (Lipinski definition) is 1. The van der Waals surface area contributed by atoms with Crippen LogP contribution in [0.25, 0.3) is 0 Å². The normalized spacial score (nSPS) is 11.5. The zero-order chi connectivity index (χ0) is 11.7. The van der Waals surface area contributed by atoms with Gasteiger partial charge >= 0.3 is 0 Å². The molecule has 2 nitrogen and oxygen atoms in total. The number of nitrogens with one attached hydrogen (secondary N) is 1. The quantitative estimate of drug-likeness (QED) is 0.501. The fraction of sp³-hybridized carbons (Fsp3) is 0.917. The Morgan fingerprint density at radius 2 is 1.80 bits per heavy atom. The molecule has 0 spiro atoms. The van der Waals surface area contributed by atoms with Crippen LogP contribution in [0.1, 0.15) is 39.0 Å². The van der Waals surface area contributed by atoms with Gasteiger partial charge in [0.25, 0.3) is 0 Å². The molecule has 0 aromatic heterocycles. The van der Waals surface area contributed by atoms with Crippen LogP contribution in [-0.2, 0) is 4.79 Å². The average Bonchev–Trinajstić information content (AvgIpc) is 2.13. The third-order valence-electron chi connectivity index (χ3n) is 2.45. The first kappa shape index (κ1) is 14.7. The molecule has 3 heteroatoms. The minimum atomic E-state index is -1.04. The van der Waals surface area contributed by atoms with Crippen LogP contribution < -0.4 is 5.32 Å². The molecule has 0 saturated carbocycles. The number of unbranched alkanes of at least 4 members (excludes halogenated alkanes) is 3.